The van der Waals surface area contributed by atoms with Gasteiger partial charge in [0.25, 0.3) is 0 Å². The minimum Gasteiger partial charge on any atom is -0.467 e. The maximum Gasteiger partial charge on any atom is 0.411 e. The van der Waals surface area contributed by atoms with E-state index in [1.54, 1.807) is 0 Å². The second kappa shape index (κ2) is 9.77. The Bertz CT molecular complexity index is 1120. The Morgan fingerprint density at radius 2 is 1.52 bits per heavy atom. The predicted octanol–water partition coefficient (Wildman–Crippen LogP) is 5.41. The summed E-state index contributed by atoms with van der Waals surface area (Å²) in [6, 6.07) is 23.6. The van der Waals surface area contributed by atoms with Gasteiger partial charge in [-0.25, -0.2) is 9.59 Å². The quantitative estimate of drug-likeness (QED) is 0.533. The van der Waals surface area contributed by atoms with Crippen molar-refractivity contribution in [3.05, 3.63) is 83.9 Å². The lowest BCUT2D eigenvalue weighted by atomic mass is 9.93. The molecule has 0 aromatic heterocycles. The molecule has 0 saturated carbocycles. The second-order valence-electron chi connectivity index (χ2n) is 8.34. The van der Waals surface area contributed by atoms with E-state index in [0.717, 1.165) is 16.8 Å². The third kappa shape index (κ3) is 5.17. The molecule has 1 heterocycles. The summed E-state index contributed by atoms with van der Waals surface area (Å²) < 4.78 is 10.2. The van der Waals surface area contributed by atoms with E-state index < -0.39 is 6.09 Å². The lowest BCUT2D eigenvalue weighted by Gasteiger charge is -2.37. The monoisotopic (exact) mass is 444 g/mol. The van der Waals surface area contributed by atoms with Crippen molar-refractivity contribution in [3.63, 3.8) is 0 Å². The molecule has 1 atom stereocenters. The molecule has 3 aromatic carbocycles. The van der Waals surface area contributed by atoms with Crippen LogP contribution in [0.2, 0.25) is 0 Å². The van der Waals surface area contributed by atoms with Crippen molar-refractivity contribution in [2.45, 2.75) is 39.0 Å². The number of esters is 1. The number of hydrogen-bond acceptors (Lipinski definition) is 5. The minimum absolute atomic E-state index is 0.171. The summed E-state index contributed by atoms with van der Waals surface area (Å²) in [4.78, 5) is 26.4. The SMILES string of the molecule is COC(=O)[C@H]1Cc2ccccc2CN1c1ccc(-c2ccc(NC(=O)OC(C)C)cc2)cc1. The zero-order chi connectivity index (χ0) is 23.4. The molecule has 4 rings (SSSR count). The average molecular weight is 445 g/mol. The zero-order valence-electron chi connectivity index (χ0n) is 19.1. The van der Waals surface area contributed by atoms with Crippen LogP contribution >= 0.6 is 0 Å². The molecule has 3 aromatic rings. The fraction of sp³-hybridized carbons (Fsp3) is 0.259. The highest BCUT2D eigenvalue weighted by atomic mass is 16.6. The van der Waals surface area contributed by atoms with Crippen LogP contribution in [0.1, 0.15) is 25.0 Å². The number of benzene rings is 3. The first-order valence-corrected chi connectivity index (χ1v) is 11.0. The largest absolute Gasteiger partial charge is 0.467 e. The van der Waals surface area contributed by atoms with E-state index >= 15 is 0 Å². The number of methoxy groups -OCH3 is 1. The Hall–Kier alpha value is -3.80. The molecule has 0 unspecified atom stereocenters. The van der Waals surface area contributed by atoms with Crippen LogP contribution < -0.4 is 10.2 Å². The molecule has 170 valence electrons. The van der Waals surface area contributed by atoms with Gasteiger partial charge in [0.05, 0.1) is 13.2 Å². The molecule has 0 spiro atoms. The fourth-order valence-corrected chi connectivity index (χ4v) is 4.09. The highest BCUT2D eigenvalue weighted by molar-refractivity contribution is 5.85. The molecule has 6 heteroatoms. The molecule has 6 nitrogen and oxygen atoms in total. The van der Waals surface area contributed by atoms with Crippen molar-refractivity contribution in [2.75, 3.05) is 17.3 Å². The standard InChI is InChI=1S/C27H28N2O4/c1-18(2)33-27(31)28-23-12-8-19(9-13-23)20-10-14-24(15-11-20)29-17-22-7-5-4-6-21(22)16-25(29)26(30)32-3/h4-15,18,25H,16-17H2,1-3H3,(H,28,31)/t25-/m1/s1. The number of rotatable bonds is 5. The van der Waals surface area contributed by atoms with Gasteiger partial charge in [-0.2, -0.15) is 0 Å². The van der Waals surface area contributed by atoms with E-state index in [-0.39, 0.29) is 18.1 Å². The molecule has 1 aliphatic rings. The van der Waals surface area contributed by atoms with E-state index in [2.05, 4.69) is 22.3 Å². The van der Waals surface area contributed by atoms with Crippen molar-refractivity contribution in [1.82, 2.24) is 0 Å². The van der Waals surface area contributed by atoms with Gasteiger partial charge in [-0.05, 0) is 60.4 Å². The second-order valence-corrected chi connectivity index (χ2v) is 8.34. The summed E-state index contributed by atoms with van der Waals surface area (Å²) in [5.74, 6) is -0.229. The predicted molar refractivity (Wildman–Crippen MR) is 129 cm³/mol. The van der Waals surface area contributed by atoms with Crippen molar-refractivity contribution in [2.24, 2.45) is 0 Å². The summed E-state index contributed by atoms with van der Waals surface area (Å²) in [6.45, 7) is 4.27. The van der Waals surface area contributed by atoms with E-state index in [1.807, 2.05) is 74.5 Å². The summed E-state index contributed by atoms with van der Waals surface area (Å²) in [6.07, 6.45) is -0.0153. The molecule has 33 heavy (non-hydrogen) atoms. The number of fused-ring (bicyclic) bond motifs is 1. The molecular weight excluding hydrogens is 416 g/mol. The Morgan fingerprint density at radius 3 is 2.12 bits per heavy atom. The first-order valence-electron chi connectivity index (χ1n) is 11.0. The Balaban J connectivity index is 1.51. The van der Waals surface area contributed by atoms with Crippen molar-refractivity contribution in [3.8, 4) is 11.1 Å². The number of nitrogens with zero attached hydrogens (tertiary/aromatic N) is 1. The number of carbonyl (C=O) groups excluding carboxylic acids is 2. The van der Waals surface area contributed by atoms with Crippen molar-refractivity contribution in [1.29, 1.82) is 0 Å². The van der Waals surface area contributed by atoms with Crippen LogP contribution in [0.5, 0.6) is 0 Å². The van der Waals surface area contributed by atoms with Crippen LogP contribution in [-0.2, 0) is 27.2 Å². The van der Waals surface area contributed by atoms with Crippen molar-refractivity contribution < 1.29 is 19.1 Å². The van der Waals surface area contributed by atoms with Crippen LogP contribution in [0.3, 0.4) is 0 Å². The van der Waals surface area contributed by atoms with Gasteiger partial charge in [0.1, 0.15) is 6.04 Å². The Kier molecular flexibility index (Phi) is 6.63. The highest BCUT2D eigenvalue weighted by Crippen LogP contribution is 2.31. The summed E-state index contributed by atoms with van der Waals surface area (Å²) in [5.41, 5.74) is 6.12. The zero-order valence-corrected chi connectivity index (χ0v) is 19.1. The minimum atomic E-state index is -0.467. The first-order chi connectivity index (χ1) is 15.9. The highest BCUT2D eigenvalue weighted by Gasteiger charge is 2.32. The first kappa shape index (κ1) is 22.4. The normalized spacial score (nSPS) is 15.0. The number of ether oxygens (including phenoxy) is 2. The lowest BCUT2D eigenvalue weighted by molar-refractivity contribution is -0.142. The average Bonchev–Trinajstić information content (AvgIpc) is 2.83. The van der Waals surface area contributed by atoms with Gasteiger partial charge in [0.15, 0.2) is 0 Å². The fourth-order valence-electron chi connectivity index (χ4n) is 4.09. The molecule has 0 fully saturated rings. The van der Waals surface area contributed by atoms with Gasteiger partial charge in [-0.3, -0.25) is 5.32 Å². The van der Waals surface area contributed by atoms with Gasteiger partial charge >= 0.3 is 12.1 Å². The maximum atomic E-state index is 12.5. The molecule has 0 radical (unpaired) electrons. The van der Waals surface area contributed by atoms with Crippen LogP contribution in [0.25, 0.3) is 11.1 Å². The number of hydrogen-bond donors (Lipinski definition) is 1. The van der Waals surface area contributed by atoms with Crippen LogP contribution in [0.4, 0.5) is 16.2 Å². The smallest absolute Gasteiger partial charge is 0.411 e. The number of carbonyl (C=O) groups is 2. The van der Waals surface area contributed by atoms with Gasteiger partial charge in [0.2, 0.25) is 0 Å². The molecular formula is C27H28N2O4. The third-order valence-corrected chi connectivity index (χ3v) is 5.73. The van der Waals surface area contributed by atoms with Crippen molar-refractivity contribution >= 4 is 23.4 Å². The van der Waals surface area contributed by atoms with E-state index in [9.17, 15) is 9.59 Å². The van der Waals surface area contributed by atoms with E-state index in [1.165, 1.54) is 18.2 Å². The molecule has 0 aliphatic carbocycles. The van der Waals surface area contributed by atoms with Crippen LogP contribution in [-0.4, -0.2) is 31.3 Å². The Morgan fingerprint density at radius 1 is 0.909 bits per heavy atom. The summed E-state index contributed by atoms with van der Waals surface area (Å²) >= 11 is 0. The third-order valence-electron chi connectivity index (χ3n) is 5.73. The molecule has 1 N–H and O–H groups in total. The summed E-state index contributed by atoms with van der Waals surface area (Å²) in [7, 11) is 1.44. The number of anilines is 2. The van der Waals surface area contributed by atoms with Crippen LogP contribution in [0.15, 0.2) is 72.8 Å². The Labute approximate surface area is 194 Å². The van der Waals surface area contributed by atoms with Gasteiger partial charge in [-0.1, -0.05) is 48.5 Å². The topological polar surface area (TPSA) is 67.9 Å². The maximum absolute atomic E-state index is 12.5. The van der Waals surface area contributed by atoms with Crippen LogP contribution in [0, 0.1) is 0 Å². The molecule has 1 aliphatic heterocycles. The van der Waals surface area contributed by atoms with E-state index in [0.29, 0.717) is 18.7 Å². The van der Waals surface area contributed by atoms with Gasteiger partial charge < -0.3 is 14.4 Å². The van der Waals surface area contributed by atoms with Gasteiger partial charge in [-0.15, -0.1) is 0 Å². The lowest BCUT2D eigenvalue weighted by Crippen LogP contribution is -2.46. The molecule has 0 bridgehead atoms. The van der Waals surface area contributed by atoms with E-state index in [4.69, 9.17) is 9.47 Å². The molecule has 0 saturated heterocycles. The number of nitrogens with one attached hydrogen (secondary N) is 1. The number of amides is 1. The van der Waals surface area contributed by atoms with Gasteiger partial charge in [0, 0.05) is 24.3 Å². The molecule has 1 amide bonds. The summed E-state index contributed by atoms with van der Waals surface area (Å²) in [5, 5.41) is 2.72.